The predicted octanol–water partition coefficient (Wildman–Crippen LogP) is 0.587. The van der Waals surface area contributed by atoms with Gasteiger partial charge in [0.25, 0.3) is 5.56 Å². The van der Waals surface area contributed by atoms with E-state index >= 15 is 0 Å². The van der Waals surface area contributed by atoms with Crippen molar-refractivity contribution in [3.8, 4) is 0 Å². The maximum Gasteiger partial charge on any atom is 0.328 e. The normalized spacial score (nSPS) is 15.2. The van der Waals surface area contributed by atoms with E-state index in [9.17, 15) is 19.2 Å². The molecule has 1 aromatic heterocycles. The van der Waals surface area contributed by atoms with Crippen LogP contribution in [0.1, 0.15) is 32.8 Å². The van der Waals surface area contributed by atoms with Gasteiger partial charge in [-0.2, -0.15) is 0 Å². The van der Waals surface area contributed by atoms with E-state index in [1.807, 2.05) is 0 Å². The summed E-state index contributed by atoms with van der Waals surface area (Å²) in [6.45, 7) is 6.96. The summed E-state index contributed by atoms with van der Waals surface area (Å²) in [6, 6.07) is 0. The molecule has 2 radical (unpaired) electrons. The molecule has 3 atom stereocenters. The number of H-pyrrole nitrogens is 1. The molecule has 0 bridgehead atoms. The smallest absolute Gasteiger partial charge is 0.328 e. The van der Waals surface area contributed by atoms with Crippen LogP contribution in [-0.4, -0.2) is 56.3 Å². The van der Waals surface area contributed by atoms with Gasteiger partial charge in [-0.3, -0.25) is 23.9 Å². The number of carbonyl (C=O) groups is 2. The van der Waals surface area contributed by atoms with Gasteiger partial charge in [0.1, 0.15) is 13.2 Å². The Labute approximate surface area is 171 Å². The molecule has 1 heterocycles. The first kappa shape index (κ1) is 24.7. The lowest BCUT2D eigenvalue weighted by Crippen LogP contribution is -2.40. The summed E-state index contributed by atoms with van der Waals surface area (Å²) in [4.78, 5) is 50.2. The quantitative estimate of drug-likeness (QED) is 0.324. The molecule has 0 aromatic carbocycles. The molecular formula is C19H29BN2O7. The van der Waals surface area contributed by atoms with Crippen molar-refractivity contribution < 1.29 is 23.8 Å². The van der Waals surface area contributed by atoms with Gasteiger partial charge in [-0.15, -0.1) is 0 Å². The third-order valence-corrected chi connectivity index (χ3v) is 5.13. The molecule has 160 valence electrons. The van der Waals surface area contributed by atoms with E-state index in [1.165, 1.54) is 17.9 Å². The van der Waals surface area contributed by atoms with Crippen molar-refractivity contribution in [2.45, 2.75) is 46.5 Å². The number of methoxy groups -OCH3 is 1. The largest absolute Gasteiger partial charge is 0.464 e. The molecule has 0 aliphatic heterocycles. The number of rotatable bonds is 11. The highest BCUT2D eigenvalue weighted by Gasteiger charge is 2.43. The minimum absolute atomic E-state index is 0.0776. The first-order valence-electron chi connectivity index (χ1n) is 9.47. The van der Waals surface area contributed by atoms with Crippen molar-refractivity contribution in [3.63, 3.8) is 0 Å². The Kier molecular flexibility index (Phi) is 9.35. The molecular weight excluding hydrogens is 379 g/mol. The number of esters is 2. The molecule has 0 amide bonds. The van der Waals surface area contributed by atoms with E-state index in [4.69, 9.17) is 22.1 Å². The number of aromatic nitrogens is 2. The van der Waals surface area contributed by atoms with Crippen LogP contribution in [0, 0.1) is 18.3 Å². The second kappa shape index (κ2) is 11.0. The zero-order valence-electron chi connectivity index (χ0n) is 17.6. The highest BCUT2D eigenvalue weighted by molar-refractivity contribution is 6.15. The minimum atomic E-state index is -1.07. The lowest BCUT2D eigenvalue weighted by Gasteiger charge is -2.35. The Morgan fingerprint density at radius 3 is 2.48 bits per heavy atom. The van der Waals surface area contributed by atoms with Crippen LogP contribution < -0.4 is 11.2 Å². The van der Waals surface area contributed by atoms with Crippen molar-refractivity contribution in [2.24, 2.45) is 11.3 Å². The van der Waals surface area contributed by atoms with E-state index in [0.717, 1.165) is 0 Å². The molecule has 1 rings (SSSR count). The maximum atomic E-state index is 12.5. The molecule has 0 aliphatic carbocycles. The molecule has 0 aliphatic rings. The highest BCUT2D eigenvalue weighted by Crippen LogP contribution is 2.40. The monoisotopic (exact) mass is 408 g/mol. The fraction of sp³-hybridized carbons (Fsp3) is 0.684. The van der Waals surface area contributed by atoms with Gasteiger partial charge in [0.15, 0.2) is 0 Å². The average Bonchev–Trinajstić information content (AvgIpc) is 2.69. The number of hydrogen-bond acceptors (Lipinski definition) is 7. The number of carbonyl (C=O) groups excluding carboxylic acids is 2. The topological polar surface area (TPSA) is 117 Å². The summed E-state index contributed by atoms with van der Waals surface area (Å²) in [5, 5.41) is 0. The van der Waals surface area contributed by atoms with Crippen LogP contribution >= 0.6 is 0 Å². The van der Waals surface area contributed by atoms with E-state index in [2.05, 4.69) is 4.98 Å². The highest BCUT2D eigenvalue weighted by atomic mass is 16.6. The Morgan fingerprint density at radius 1 is 1.24 bits per heavy atom. The van der Waals surface area contributed by atoms with Gasteiger partial charge in [-0.1, -0.05) is 13.8 Å². The molecule has 1 aromatic rings. The molecule has 0 fully saturated rings. The van der Waals surface area contributed by atoms with Gasteiger partial charge in [0.05, 0.1) is 32.3 Å². The third-order valence-electron chi connectivity index (χ3n) is 5.13. The lowest BCUT2D eigenvalue weighted by molar-refractivity contribution is -0.159. The maximum absolute atomic E-state index is 12.5. The number of aryl methyl sites for hydroxylation is 1. The molecule has 10 heteroatoms. The molecule has 0 saturated carbocycles. The number of nitrogens with zero attached hydrogens (tertiary/aromatic N) is 1. The summed E-state index contributed by atoms with van der Waals surface area (Å²) in [5.41, 5.74) is -1.74. The Morgan fingerprint density at radius 2 is 1.90 bits per heavy atom. The Bertz CT molecular complexity index is 820. The van der Waals surface area contributed by atoms with Crippen LogP contribution in [0.2, 0.25) is 5.82 Å². The summed E-state index contributed by atoms with van der Waals surface area (Å²) >= 11 is 0. The number of ether oxygens (including phenoxy) is 3. The van der Waals surface area contributed by atoms with Crippen LogP contribution in [0.4, 0.5) is 0 Å². The van der Waals surface area contributed by atoms with E-state index in [1.54, 1.807) is 27.7 Å². The lowest BCUT2D eigenvalue weighted by atomic mass is 9.59. The molecule has 0 saturated heterocycles. The molecule has 9 nitrogen and oxygen atoms in total. The van der Waals surface area contributed by atoms with Crippen LogP contribution in [-0.2, 0) is 30.3 Å². The van der Waals surface area contributed by atoms with E-state index in [0.29, 0.717) is 12.0 Å². The van der Waals surface area contributed by atoms with Gasteiger partial charge in [0, 0.05) is 18.9 Å². The molecule has 0 spiro atoms. The van der Waals surface area contributed by atoms with Crippen LogP contribution in [0.3, 0.4) is 0 Å². The van der Waals surface area contributed by atoms with Crippen molar-refractivity contribution >= 4 is 19.8 Å². The molecule has 1 N–H and O–H groups in total. The first-order chi connectivity index (χ1) is 13.6. The fourth-order valence-electron chi connectivity index (χ4n) is 2.76. The minimum Gasteiger partial charge on any atom is -0.464 e. The van der Waals surface area contributed by atoms with Gasteiger partial charge in [0.2, 0.25) is 0 Å². The molecule has 29 heavy (non-hydrogen) atoms. The predicted molar refractivity (Wildman–Crippen MR) is 107 cm³/mol. The Hall–Kier alpha value is -2.36. The fourth-order valence-corrected chi connectivity index (χ4v) is 2.76. The second-order valence-electron chi connectivity index (χ2n) is 7.15. The number of nitrogens with one attached hydrogen (secondary N) is 1. The van der Waals surface area contributed by atoms with Crippen molar-refractivity contribution in [1.82, 2.24) is 9.55 Å². The van der Waals surface area contributed by atoms with Crippen molar-refractivity contribution in [2.75, 3.05) is 26.9 Å². The summed E-state index contributed by atoms with van der Waals surface area (Å²) in [7, 11) is 7.73. The van der Waals surface area contributed by atoms with Crippen LogP contribution in [0.15, 0.2) is 15.8 Å². The number of hydrogen-bond donors (Lipinski definition) is 1. The van der Waals surface area contributed by atoms with E-state index < -0.39 is 40.3 Å². The molecule has 3 unspecified atom stereocenters. The number of aromatic amines is 1. The third kappa shape index (κ3) is 6.32. The van der Waals surface area contributed by atoms with Gasteiger partial charge >= 0.3 is 17.6 Å². The van der Waals surface area contributed by atoms with Crippen molar-refractivity contribution in [3.05, 3.63) is 32.6 Å². The standard InChI is InChI=1S/C19H29BN2O7/c1-6-19(4,17(25)29-10-9-27-5)14(20)13(3)16(24)28-8-7-22-11-12(2)15(23)21-18(22)26/h11,13-14H,6-10H2,1-5H3,(H,21,23,26). The summed E-state index contributed by atoms with van der Waals surface area (Å²) < 4.78 is 16.5. The van der Waals surface area contributed by atoms with Gasteiger partial charge in [-0.05, 0) is 26.1 Å². The average molecular weight is 408 g/mol. The SMILES string of the molecule is [B]C(C(C)C(=O)OCCn1cc(C)c(=O)[nH]c1=O)C(C)(CC)C(=O)OCCOC. The van der Waals surface area contributed by atoms with Gasteiger partial charge < -0.3 is 14.2 Å². The van der Waals surface area contributed by atoms with Crippen LogP contribution in [0.5, 0.6) is 0 Å². The van der Waals surface area contributed by atoms with Crippen molar-refractivity contribution in [1.29, 1.82) is 0 Å². The summed E-state index contributed by atoms with van der Waals surface area (Å²) in [6.07, 6.45) is 1.78. The second-order valence-corrected chi connectivity index (χ2v) is 7.15. The first-order valence-corrected chi connectivity index (χ1v) is 9.47. The van der Waals surface area contributed by atoms with Gasteiger partial charge in [-0.25, -0.2) is 4.79 Å². The Balaban J connectivity index is 2.71. The van der Waals surface area contributed by atoms with Crippen LogP contribution in [0.25, 0.3) is 0 Å². The zero-order valence-corrected chi connectivity index (χ0v) is 17.6. The zero-order chi connectivity index (χ0) is 22.2. The summed E-state index contributed by atoms with van der Waals surface area (Å²) in [5.74, 6) is -2.69. The van der Waals surface area contributed by atoms with E-state index in [-0.39, 0.29) is 26.4 Å².